The van der Waals surface area contributed by atoms with Gasteiger partial charge in [0.2, 0.25) is 0 Å². The minimum absolute atomic E-state index is 0.0574. The maximum absolute atomic E-state index is 12.1. The topological polar surface area (TPSA) is 76.1 Å². The molecule has 0 bridgehead atoms. The van der Waals surface area contributed by atoms with Crippen LogP contribution in [0.3, 0.4) is 0 Å². The number of ketones is 1. The fourth-order valence-corrected chi connectivity index (χ4v) is 3.32. The quantitative estimate of drug-likeness (QED) is 0.860. The van der Waals surface area contributed by atoms with Crippen molar-refractivity contribution < 1.29 is 13.2 Å². The zero-order valence-electron chi connectivity index (χ0n) is 10.2. The van der Waals surface area contributed by atoms with E-state index >= 15 is 0 Å². The molecule has 0 atom stereocenters. The lowest BCUT2D eigenvalue weighted by Crippen LogP contribution is -2.13. The van der Waals surface area contributed by atoms with E-state index in [0.29, 0.717) is 17.1 Å². The molecular formula is C12H12N2O3S2. The van der Waals surface area contributed by atoms with Gasteiger partial charge in [0, 0.05) is 23.6 Å². The van der Waals surface area contributed by atoms with E-state index in [4.69, 9.17) is 0 Å². The molecule has 0 spiro atoms. The summed E-state index contributed by atoms with van der Waals surface area (Å²) in [4.78, 5) is 15.5. The highest BCUT2D eigenvalue weighted by Gasteiger charge is 2.16. The molecule has 0 saturated heterocycles. The first-order valence-electron chi connectivity index (χ1n) is 5.58. The van der Waals surface area contributed by atoms with Crippen molar-refractivity contribution in [3.8, 4) is 0 Å². The maximum Gasteiger partial charge on any atom is 0.263 e. The molecule has 2 rings (SSSR count). The minimum Gasteiger partial charge on any atom is -0.294 e. The van der Waals surface area contributed by atoms with Gasteiger partial charge in [-0.25, -0.2) is 13.4 Å². The molecule has 100 valence electrons. The van der Waals surface area contributed by atoms with Crippen LogP contribution in [0.5, 0.6) is 0 Å². The number of hydrogen-bond acceptors (Lipinski definition) is 5. The molecule has 2 aromatic rings. The van der Waals surface area contributed by atoms with Crippen molar-refractivity contribution in [2.45, 2.75) is 18.2 Å². The Labute approximate surface area is 115 Å². The molecule has 1 aromatic heterocycles. The molecule has 0 fully saturated rings. The van der Waals surface area contributed by atoms with Crippen molar-refractivity contribution in [2.24, 2.45) is 0 Å². The zero-order valence-corrected chi connectivity index (χ0v) is 11.8. The predicted octanol–water partition coefficient (Wildman–Crippen LogP) is 2.54. The van der Waals surface area contributed by atoms with Crippen LogP contribution in [0.1, 0.15) is 23.7 Å². The van der Waals surface area contributed by atoms with Crippen LogP contribution in [0.2, 0.25) is 0 Å². The molecule has 0 amide bonds. The molecule has 0 unspecified atom stereocenters. The highest BCUT2D eigenvalue weighted by Crippen LogP contribution is 2.19. The zero-order chi connectivity index (χ0) is 13.9. The SMILES string of the molecule is CCC(=O)c1cccc(S(=O)(=O)Nc2nccs2)c1. The molecule has 0 aliphatic heterocycles. The van der Waals surface area contributed by atoms with Crippen molar-refractivity contribution in [1.29, 1.82) is 0 Å². The second-order valence-electron chi connectivity index (χ2n) is 3.75. The third-order valence-corrected chi connectivity index (χ3v) is 4.60. The predicted molar refractivity (Wildman–Crippen MR) is 74.0 cm³/mol. The second-order valence-corrected chi connectivity index (χ2v) is 6.32. The van der Waals surface area contributed by atoms with E-state index < -0.39 is 10.0 Å². The molecule has 5 nitrogen and oxygen atoms in total. The second kappa shape index (κ2) is 5.50. The van der Waals surface area contributed by atoms with E-state index in [1.807, 2.05) is 0 Å². The summed E-state index contributed by atoms with van der Waals surface area (Å²) in [6, 6.07) is 5.98. The number of benzene rings is 1. The van der Waals surface area contributed by atoms with Gasteiger partial charge in [0.1, 0.15) is 0 Å². The number of Topliss-reactive ketones (excluding diaryl/α,β-unsaturated/α-hetero) is 1. The number of thiazole rings is 1. The van der Waals surface area contributed by atoms with Gasteiger partial charge in [0.25, 0.3) is 10.0 Å². The third-order valence-electron chi connectivity index (χ3n) is 2.44. The Morgan fingerprint density at radius 1 is 1.42 bits per heavy atom. The number of sulfonamides is 1. The van der Waals surface area contributed by atoms with Gasteiger partial charge >= 0.3 is 0 Å². The van der Waals surface area contributed by atoms with Gasteiger partial charge in [-0.05, 0) is 12.1 Å². The van der Waals surface area contributed by atoms with Gasteiger partial charge in [0.15, 0.2) is 10.9 Å². The molecule has 7 heteroatoms. The Kier molecular flexibility index (Phi) is 3.96. The van der Waals surface area contributed by atoms with Crippen molar-refractivity contribution in [2.75, 3.05) is 4.72 Å². The van der Waals surface area contributed by atoms with E-state index in [1.54, 1.807) is 24.4 Å². The number of nitrogens with one attached hydrogen (secondary N) is 1. The molecule has 0 aliphatic rings. The average molecular weight is 296 g/mol. The monoisotopic (exact) mass is 296 g/mol. The molecule has 1 N–H and O–H groups in total. The van der Waals surface area contributed by atoms with E-state index in [0.717, 1.165) is 0 Å². The maximum atomic E-state index is 12.1. The Morgan fingerprint density at radius 3 is 2.84 bits per heavy atom. The van der Waals surface area contributed by atoms with Gasteiger partial charge in [-0.15, -0.1) is 11.3 Å². The average Bonchev–Trinajstić information content (AvgIpc) is 2.90. The Morgan fingerprint density at radius 2 is 2.21 bits per heavy atom. The lowest BCUT2D eigenvalue weighted by Gasteiger charge is -2.06. The van der Waals surface area contributed by atoms with Gasteiger partial charge in [0.05, 0.1) is 4.90 Å². The molecule has 1 aromatic carbocycles. The largest absolute Gasteiger partial charge is 0.294 e. The number of anilines is 1. The number of carbonyl (C=O) groups excluding carboxylic acids is 1. The summed E-state index contributed by atoms with van der Waals surface area (Å²) in [5.74, 6) is -0.0914. The number of aromatic nitrogens is 1. The summed E-state index contributed by atoms with van der Waals surface area (Å²) >= 11 is 1.19. The Balaban J connectivity index is 2.33. The summed E-state index contributed by atoms with van der Waals surface area (Å²) in [6.45, 7) is 1.73. The number of rotatable bonds is 5. The van der Waals surface area contributed by atoms with Crippen LogP contribution in [-0.4, -0.2) is 19.2 Å². The normalized spacial score (nSPS) is 11.2. The smallest absolute Gasteiger partial charge is 0.263 e. The van der Waals surface area contributed by atoms with Crippen molar-refractivity contribution in [3.63, 3.8) is 0 Å². The molecule has 0 radical (unpaired) electrons. The number of hydrogen-bond donors (Lipinski definition) is 1. The fourth-order valence-electron chi connectivity index (χ4n) is 1.49. The summed E-state index contributed by atoms with van der Waals surface area (Å²) < 4.78 is 26.6. The van der Waals surface area contributed by atoms with E-state index in [9.17, 15) is 13.2 Å². The van der Waals surface area contributed by atoms with E-state index in [2.05, 4.69) is 9.71 Å². The van der Waals surface area contributed by atoms with Gasteiger partial charge < -0.3 is 0 Å². The van der Waals surface area contributed by atoms with Gasteiger partial charge in [-0.2, -0.15) is 0 Å². The third kappa shape index (κ3) is 3.18. The molecule has 0 aliphatic carbocycles. The summed E-state index contributed by atoms with van der Waals surface area (Å²) in [5, 5.41) is 1.97. The first kappa shape index (κ1) is 13.7. The van der Waals surface area contributed by atoms with Crippen LogP contribution >= 0.6 is 11.3 Å². The molecule has 1 heterocycles. The Bertz CT molecular complexity index is 679. The Hall–Kier alpha value is -1.73. The van der Waals surface area contributed by atoms with Crippen LogP contribution in [0.25, 0.3) is 0 Å². The van der Waals surface area contributed by atoms with Gasteiger partial charge in [-0.1, -0.05) is 19.1 Å². The fraction of sp³-hybridized carbons (Fsp3) is 0.167. The molecule has 19 heavy (non-hydrogen) atoms. The minimum atomic E-state index is -3.70. The van der Waals surface area contributed by atoms with Crippen LogP contribution in [0.4, 0.5) is 5.13 Å². The lowest BCUT2D eigenvalue weighted by atomic mass is 10.1. The van der Waals surface area contributed by atoms with Crippen molar-refractivity contribution >= 4 is 32.3 Å². The van der Waals surface area contributed by atoms with Gasteiger partial charge in [-0.3, -0.25) is 9.52 Å². The molecule has 0 saturated carbocycles. The molecular weight excluding hydrogens is 284 g/mol. The van der Waals surface area contributed by atoms with Crippen LogP contribution in [-0.2, 0) is 10.0 Å². The van der Waals surface area contributed by atoms with E-state index in [-0.39, 0.29) is 10.7 Å². The van der Waals surface area contributed by atoms with Crippen LogP contribution in [0, 0.1) is 0 Å². The summed E-state index contributed by atoms with van der Waals surface area (Å²) in [7, 11) is -3.70. The summed E-state index contributed by atoms with van der Waals surface area (Å²) in [5.41, 5.74) is 0.393. The van der Waals surface area contributed by atoms with Crippen LogP contribution < -0.4 is 4.72 Å². The standard InChI is InChI=1S/C12H12N2O3S2/c1-2-11(15)9-4-3-5-10(8-9)19(16,17)14-12-13-6-7-18-12/h3-8H,2H2,1H3,(H,13,14). The highest BCUT2D eigenvalue weighted by atomic mass is 32.2. The van der Waals surface area contributed by atoms with Crippen molar-refractivity contribution in [1.82, 2.24) is 4.98 Å². The number of nitrogens with zero attached hydrogens (tertiary/aromatic N) is 1. The lowest BCUT2D eigenvalue weighted by molar-refractivity contribution is 0.0988. The summed E-state index contributed by atoms with van der Waals surface area (Å²) in [6.07, 6.45) is 1.85. The van der Waals surface area contributed by atoms with E-state index in [1.165, 1.54) is 29.7 Å². The number of carbonyl (C=O) groups is 1. The first-order chi connectivity index (χ1) is 9.03. The van der Waals surface area contributed by atoms with Crippen molar-refractivity contribution in [3.05, 3.63) is 41.4 Å². The highest BCUT2D eigenvalue weighted by molar-refractivity contribution is 7.93. The first-order valence-corrected chi connectivity index (χ1v) is 7.95. The van der Waals surface area contributed by atoms with Crippen LogP contribution in [0.15, 0.2) is 40.7 Å².